The van der Waals surface area contributed by atoms with Crippen molar-refractivity contribution in [1.82, 2.24) is 15.1 Å². The SMILES string of the molecule is CN(C(=O)NCCCc1ccccc1)C1CN2CCC1CC2. The van der Waals surface area contributed by atoms with Crippen LogP contribution in [0.25, 0.3) is 0 Å². The zero-order valence-electron chi connectivity index (χ0n) is 13.5. The third-order valence-electron chi connectivity index (χ3n) is 5.20. The number of piperidine rings is 3. The van der Waals surface area contributed by atoms with Crippen LogP contribution < -0.4 is 5.32 Å². The van der Waals surface area contributed by atoms with Crippen LogP contribution in [0.1, 0.15) is 24.8 Å². The molecule has 3 fully saturated rings. The molecular weight excluding hydrogens is 274 g/mol. The molecule has 1 aromatic rings. The Balaban J connectivity index is 1.40. The third kappa shape index (κ3) is 3.61. The van der Waals surface area contributed by atoms with Gasteiger partial charge in [0.25, 0.3) is 0 Å². The standard InChI is InChI=1S/C18H27N3O/c1-20(17-14-21-12-9-16(17)10-13-21)18(22)19-11-5-8-15-6-3-2-4-7-15/h2-4,6-7,16-17H,5,8-14H2,1H3,(H,19,22). The Morgan fingerprint density at radius 3 is 2.64 bits per heavy atom. The van der Waals surface area contributed by atoms with Crippen molar-refractivity contribution in [2.24, 2.45) is 5.92 Å². The van der Waals surface area contributed by atoms with Gasteiger partial charge >= 0.3 is 6.03 Å². The number of benzene rings is 1. The highest BCUT2D eigenvalue weighted by atomic mass is 16.2. The number of amides is 2. The fraction of sp³-hybridized carbons (Fsp3) is 0.611. The van der Waals surface area contributed by atoms with E-state index in [9.17, 15) is 4.79 Å². The molecule has 1 aromatic carbocycles. The lowest BCUT2D eigenvalue weighted by atomic mass is 9.83. The van der Waals surface area contributed by atoms with Crippen LogP contribution >= 0.6 is 0 Å². The molecule has 0 aliphatic carbocycles. The number of fused-ring (bicyclic) bond motifs is 3. The van der Waals surface area contributed by atoms with Gasteiger partial charge in [-0.15, -0.1) is 0 Å². The largest absolute Gasteiger partial charge is 0.338 e. The smallest absolute Gasteiger partial charge is 0.317 e. The molecule has 0 aromatic heterocycles. The summed E-state index contributed by atoms with van der Waals surface area (Å²) in [6.07, 6.45) is 4.50. The number of nitrogens with zero attached hydrogens (tertiary/aromatic N) is 2. The van der Waals surface area contributed by atoms with Crippen molar-refractivity contribution in [3.63, 3.8) is 0 Å². The fourth-order valence-electron chi connectivity index (χ4n) is 3.78. The van der Waals surface area contributed by atoms with Gasteiger partial charge in [0.15, 0.2) is 0 Å². The number of aryl methyl sites for hydroxylation is 1. The number of nitrogens with one attached hydrogen (secondary N) is 1. The normalized spacial score (nSPS) is 26.7. The van der Waals surface area contributed by atoms with Gasteiger partial charge in [-0.2, -0.15) is 0 Å². The molecule has 2 bridgehead atoms. The van der Waals surface area contributed by atoms with E-state index in [-0.39, 0.29) is 6.03 Å². The topological polar surface area (TPSA) is 35.6 Å². The molecule has 1 N–H and O–H groups in total. The van der Waals surface area contributed by atoms with E-state index < -0.39 is 0 Å². The lowest BCUT2D eigenvalue weighted by molar-refractivity contribution is 0.0312. The summed E-state index contributed by atoms with van der Waals surface area (Å²) < 4.78 is 0. The van der Waals surface area contributed by atoms with Crippen LogP contribution in [-0.2, 0) is 6.42 Å². The Morgan fingerprint density at radius 2 is 2.00 bits per heavy atom. The van der Waals surface area contributed by atoms with Crippen molar-refractivity contribution < 1.29 is 4.79 Å². The predicted octanol–water partition coefficient (Wildman–Crippen LogP) is 2.35. The first-order valence-corrected chi connectivity index (χ1v) is 8.51. The number of likely N-dealkylation sites (N-methyl/N-ethyl adjacent to an activating group) is 1. The molecule has 4 nitrogen and oxygen atoms in total. The summed E-state index contributed by atoms with van der Waals surface area (Å²) >= 11 is 0. The van der Waals surface area contributed by atoms with Crippen LogP contribution in [0.2, 0.25) is 0 Å². The monoisotopic (exact) mass is 301 g/mol. The van der Waals surface area contributed by atoms with E-state index in [1.54, 1.807) is 0 Å². The molecule has 22 heavy (non-hydrogen) atoms. The molecule has 0 radical (unpaired) electrons. The summed E-state index contributed by atoms with van der Waals surface area (Å²) in [5.41, 5.74) is 1.34. The van der Waals surface area contributed by atoms with Crippen molar-refractivity contribution in [3.05, 3.63) is 35.9 Å². The third-order valence-corrected chi connectivity index (χ3v) is 5.20. The molecule has 0 saturated carbocycles. The molecule has 1 atom stereocenters. The van der Waals surface area contributed by atoms with E-state index in [1.165, 1.54) is 31.5 Å². The van der Waals surface area contributed by atoms with E-state index in [2.05, 4.69) is 34.5 Å². The van der Waals surface area contributed by atoms with Gasteiger partial charge in [-0.25, -0.2) is 4.79 Å². The Bertz CT molecular complexity index is 482. The number of urea groups is 1. The number of hydrogen-bond donors (Lipinski definition) is 1. The second kappa shape index (κ2) is 7.14. The van der Waals surface area contributed by atoms with Gasteiger partial charge in [-0.1, -0.05) is 30.3 Å². The summed E-state index contributed by atoms with van der Waals surface area (Å²) in [5.74, 6) is 0.699. The van der Waals surface area contributed by atoms with Gasteiger partial charge in [0, 0.05) is 26.2 Å². The molecule has 3 aliphatic heterocycles. The molecular formula is C18H27N3O. The Labute approximate surface area is 133 Å². The number of hydrogen-bond acceptors (Lipinski definition) is 2. The minimum atomic E-state index is 0.0896. The Kier molecular flexibility index (Phi) is 4.98. The van der Waals surface area contributed by atoms with E-state index in [1.807, 2.05) is 18.0 Å². The molecule has 4 heteroatoms. The molecule has 0 spiro atoms. The lowest BCUT2D eigenvalue weighted by Gasteiger charge is -2.47. The van der Waals surface area contributed by atoms with Crippen molar-refractivity contribution in [2.75, 3.05) is 33.2 Å². The van der Waals surface area contributed by atoms with Crippen molar-refractivity contribution in [3.8, 4) is 0 Å². The van der Waals surface area contributed by atoms with Gasteiger partial charge in [0.05, 0.1) is 0 Å². The highest BCUT2D eigenvalue weighted by Gasteiger charge is 2.37. The zero-order valence-corrected chi connectivity index (χ0v) is 13.5. The number of carbonyl (C=O) groups excluding carboxylic acids is 1. The van der Waals surface area contributed by atoms with Gasteiger partial charge in [-0.05, 0) is 50.3 Å². The highest BCUT2D eigenvalue weighted by Crippen LogP contribution is 2.30. The van der Waals surface area contributed by atoms with E-state index >= 15 is 0 Å². The fourth-order valence-corrected chi connectivity index (χ4v) is 3.78. The van der Waals surface area contributed by atoms with Crippen molar-refractivity contribution >= 4 is 6.03 Å². The summed E-state index contributed by atoms with van der Waals surface area (Å²) in [6, 6.07) is 10.9. The first-order chi connectivity index (χ1) is 10.7. The molecule has 120 valence electrons. The van der Waals surface area contributed by atoms with E-state index in [4.69, 9.17) is 0 Å². The van der Waals surface area contributed by atoms with Crippen LogP contribution in [0.4, 0.5) is 4.79 Å². The van der Waals surface area contributed by atoms with Crippen LogP contribution in [0.15, 0.2) is 30.3 Å². The quantitative estimate of drug-likeness (QED) is 0.848. The van der Waals surface area contributed by atoms with Crippen LogP contribution in [-0.4, -0.2) is 55.1 Å². The van der Waals surface area contributed by atoms with Gasteiger partial charge < -0.3 is 15.1 Å². The maximum absolute atomic E-state index is 12.3. The number of rotatable bonds is 5. The van der Waals surface area contributed by atoms with Crippen LogP contribution in [0.3, 0.4) is 0 Å². The molecule has 3 aliphatic rings. The summed E-state index contributed by atoms with van der Waals surface area (Å²) in [5, 5.41) is 3.08. The average Bonchev–Trinajstić information content (AvgIpc) is 2.59. The molecule has 3 heterocycles. The second-order valence-electron chi connectivity index (χ2n) is 6.64. The second-order valence-corrected chi connectivity index (χ2v) is 6.64. The Hall–Kier alpha value is -1.55. The van der Waals surface area contributed by atoms with Crippen LogP contribution in [0, 0.1) is 5.92 Å². The van der Waals surface area contributed by atoms with Gasteiger partial charge in [0.2, 0.25) is 0 Å². The first-order valence-electron chi connectivity index (χ1n) is 8.51. The minimum absolute atomic E-state index is 0.0896. The van der Waals surface area contributed by atoms with E-state index in [0.717, 1.165) is 25.9 Å². The predicted molar refractivity (Wildman–Crippen MR) is 88.9 cm³/mol. The summed E-state index contributed by atoms with van der Waals surface area (Å²) in [7, 11) is 1.96. The number of carbonyl (C=O) groups is 1. The molecule has 2 amide bonds. The first kappa shape index (κ1) is 15.3. The van der Waals surface area contributed by atoms with Gasteiger partial charge in [0.1, 0.15) is 0 Å². The van der Waals surface area contributed by atoms with Gasteiger partial charge in [-0.3, -0.25) is 0 Å². The van der Waals surface area contributed by atoms with E-state index in [0.29, 0.717) is 12.0 Å². The lowest BCUT2D eigenvalue weighted by Crippen LogP contribution is -2.59. The maximum Gasteiger partial charge on any atom is 0.317 e. The molecule has 4 rings (SSSR count). The maximum atomic E-state index is 12.3. The summed E-state index contributed by atoms with van der Waals surface area (Å²) in [4.78, 5) is 16.8. The molecule has 1 unspecified atom stereocenters. The average molecular weight is 301 g/mol. The van der Waals surface area contributed by atoms with Crippen LogP contribution in [0.5, 0.6) is 0 Å². The Morgan fingerprint density at radius 1 is 1.27 bits per heavy atom. The zero-order chi connectivity index (χ0) is 15.4. The van der Waals surface area contributed by atoms with Crippen molar-refractivity contribution in [1.29, 1.82) is 0 Å². The van der Waals surface area contributed by atoms with Crippen molar-refractivity contribution in [2.45, 2.75) is 31.7 Å². The molecule has 3 saturated heterocycles. The highest BCUT2D eigenvalue weighted by molar-refractivity contribution is 5.74. The minimum Gasteiger partial charge on any atom is -0.338 e. The summed E-state index contributed by atoms with van der Waals surface area (Å²) in [6.45, 7) is 4.24.